The fourth-order valence-electron chi connectivity index (χ4n) is 6.94. The predicted octanol–water partition coefficient (Wildman–Crippen LogP) is 1.55. The third kappa shape index (κ3) is 5.08. The summed E-state index contributed by atoms with van der Waals surface area (Å²) < 4.78 is 0. The minimum Gasteiger partial charge on any atom is -0.505 e. The molecule has 0 aliphatic heterocycles. The van der Waals surface area contributed by atoms with Crippen molar-refractivity contribution >= 4 is 55.1 Å². The van der Waals surface area contributed by atoms with E-state index in [1.165, 1.54) is 5.19 Å². The van der Waals surface area contributed by atoms with Crippen LogP contribution in [0.25, 0.3) is 0 Å². The van der Waals surface area contributed by atoms with Gasteiger partial charge in [-0.05, 0) is 41.0 Å². The first-order valence-electron chi connectivity index (χ1n) is 14.4. The lowest BCUT2D eigenvalue weighted by atomic mass is 9.53. The minimum atomic E-state index is -2.67. The van der Waals surface area contributed by atoms with Gasteiger partial charge in [0, 0.05) is 38.7 Å². The van der Waals surface area contributed by atoms with Crippen LogP contribution in [0.15, 0.2) is 30.3 Å². The van der Waals surface area contributed by atoms with E-state index in [4.69, 9.17) is 5.73 Å². The quantitative estimate of drug-likeness (QED) is 0.218. The van der Waals surface area contributed by atoms with E-state index in [1.807, 2.05) is 37.2 Å². The second kappa shape index (κ2) is 10.7. The highest BCUT2D eigenvalue weighted by Gasteiger charge is 2.66. The molecule has 0 bridgehead atoms. The molecule has 2 aromatic rings. The van der Waals surface area contributed by atoms with Gasteiger partial charge in [0.15, 0.2) is 34.7 Å². The van der Waals surface area contributed by atoms with Crippen LogP contribution in [0.2, 0.25) is 5.04 Å². The number of anilines is 2. The molecule has 0 spiro atoms. The standard InChI is InChI=1S/C32H37N3O7Si/c1-31(2,3)43-22-9-7-6-8-15(22)14-34-19-13-20(35(4)5)18-11-16-10-17-12-21(36)25(30(33)41)29(40)32(17,42)28(39)23(16)27(38)24(18)26(19)37/h6-9,13,16-17,23,25,34,37,42H,10-12,14H2,1-5H3,(H2,33,41)/t16-,17+,23?,25?,32+/m1/s1. The van der Waals surface area contributed by atoms with Crippen LogP contribution in [0.4, 0.5) is 11.4 Å². The number of primary amides is 1. The number of phenolic OH excluding ortho intramolecular Hbond substituents is 1. The molecule has 5 N–H and O–H groups in total. The third-order valence-corrected chi connectivity index (χ3v) is 10.4. The van der Waals surface area contributed by atoms with E-state index < -0.39 is 58.3 Å². The number of nitrogens with one attached hydrogen (secondary N) is 1. The summed E-state index contributed by atoms with van der Waals surface area (Å²) in [5, 5.41) is 27.5. The molecule has 226 valence electrons. The topological polar surface area (TPSA) is 167 Å². The molecule has 2 unspecified atom stereocenters. The van der Waals surface area contributed by atoms with Gasteiger partial charge in [0.05, 0.1) is 26.7 Å². The predicted molar refractivity (Wildman–Crippen MR) is 162 cm³/mol. The van der Waals surface area contributed by atoms with Crippen LogP contribution in [-0.2, 0) is 32.1 Å². The number of hydrogen-bond acceptors (Lipinski definition) is 9. The van der Waals surface area contributed by atoms with Gasteiger partial charge < -0.3 is 26.2 Å². The van der Waals surface area contributed by atoms with Gasteiger partial charge in [-0.25, -0.2) is 0 Å². The number of nitrogens with zero attached hydrogens (tertiary/aromatic N) is 1. The molecule has 2 fully saturated rings. The zero-order chi connectivity index (χ0) is 31.6. The highest BCUT2D eigenvalue weighted by Crippen LogP contribution is 2.52. The second-order valence-corrected chi connectivity index (χ2v) is 15.5. The average Bonchev–Trinajstić information content (AvgIpc) is 2.89. The number of benzene rings is 2. The van der Waals surface area contributed by atoms with Crippen LogP contribution in [0.1, 0.15) is 55.1 Å². The van der Waals surface area contributed by atoms with Gasteiger partial charge in [-0.15, -0.1) is 0 Å². The summed E-state index contributed by atoms with van der Waals surface area (Å²) in [6, 6.07) is 9.82. The van der Waals surface area contributed by atoms with Crippen molar-refractivity contribution in [3.63, 3.8) is 0 Å². The molecule has 0 saturated heterocycles. The van der Waals surface area contributed by atoms with Gasteiger partial charge in [0.25, 0.3) is 0 Å². The Hall–Kier alpha value is -3.83. The fourth-order valence-corrected chi connectivity index (χ4v) is 8.26. The molecule has 5 rings (SSSR count). The number of carbonyl (C=O) groups is 5. The molecule has 10 nitrogen and oxygen atoms in total. The number of rotatable bonds is 6. The molecule has 3 aliphatic carbocycles. The summed E-state index contributed by atoms with van der Waals surface area (Å²) in [6.45, 7) is 6.90. The molecule has 2 aromatic carbocycles. The Labute approximate surface area is 252 Å². The number of Topliss-reactive ketones (excluding diaryl/α,β-unsaturated/α-hetero) is 4. The molecule has 2 radical (unpaired) electrons. The lowest BCUT2D eigenvalue weighted by Gasteiger charge is -2.48. The van der Waals surface area contributed by atoms with E-state index in [0.29, 0.717) is 33.0 Å². The number of amides is 1. The van der Waals surface area contributed by atoms with Crippen molar-refractivity contribution in [1.82, 2.24) is 0 Å². The molecule has 43 heavy (non-hydrogen) atoms. The number of aliphatic hydroxyl groups is 1. The minimum absolute atomic E-state index is 0.0269. The Morgan fingerprint density at radius 1 is 1.12 bits per heavy atom. The Balaban J connectivity index is 1.53. The molecular formula is C32H37N3O7Si. The third-order valence-electron chi connectivity index (χ3n) is 8.86. The number of aromatic hydroxyl groups is 1. The number of carbonyl (C=O) groups excluding carboxylic acids is 5. The maximum atomic E-state index is 14.1. The Morgan fingerprint density at radius 3 is 2.42 bits per heavy atom. The van der Waals surface area contributed by atoms with Crippen LogP contribution in [0.3, 0.4) is 0 Å². The van der Waals surface area contributed by atoms with E-state index in [9.17, 15) is 34.2 Å². The number of phenols is 1. The highest BCUT2D eigenvalue weighted by atomic mass is 28.2. The zero-order valence-electron chi connectivity index (χ0n) is 25.0. The van der Waals surface area contributed by atoms with Crippen molar-refractivity contribution in [3.8, 4) is 5.75 Å². The van der Waals surface area contributed by atoms with E-state index >= 15 is 0 Å². The maximum Gasteiger partial charge on any atom is 0.235 e. The van der Waals surface area contributed by atoms with Crippen molar-refractivity contribution in [2.24, 2.45) is 29.4 Å². The fraction of sp³-hybridized carbons (Fsp3) is 0.469. The van der Waals surface area contributed by atoms with Crippen LogP contribution in [0, 0.1) is 23.7 Å². The molecule has 2 saturated carbocycles. The second-order valence-electron chi connectivity index (χ2n) is 13.2. The summed E-state index contributed by atoms with van der Waals surface area (Å²) in [6.07, 6.45) is -0.0830. The number of hydrogen-bond donors (Lipinski definition) is 4. The van der Waals surface area contributed by atoms with Gasteiger partial charge >= 0.3 is 0 Å². The van der Waals surface area contributed by atoms with Crippen molar-refractivity contribution in [1.29, 1.82) is 0 Å². The number of ketones is 4. The molecule has 11 heteroatoms. The number of fused-ring (bicyclic) bond motifs is 3. The van der Waals surface area contributed by atoms with E-state index in [-0.39, 0.29) is 35.6 Å². The van der Waals surface area contributed by atoms with Gasteiger partial charge in [-0.1, -0.05) is 50.2 Å². The summed E-state index contributed by atoms with van der Waals surface area (Å²) in [5.74, 6) is -10.2. The van der Waals surface area contributed by atoms with E-state index in [0.717, 1.165) is 5.56 Å². The van der Waals surface area contributed by atoms with E-state index in [1.54, 1.807) is 6.07 Å². The van der Waals surface area contributed by atoms with Crippen LogP contribution >= 0.6 is 0 Å². The SMILES string of the molecule is CN(C)c1cc(NCc2ccccc2[Si]C(C)(C)C)c(O)c2c1C[C@H]1C[C@H]3CC(=O)C(C(N)=O)C(=O)[C@@]3(O)C(=O)C1C2=O. The monoisotopic (exact) mass is 603 g/mol. The van der Waals surface area contributed by atoms with Crippen LogP contribution < -0.4 is 21.1 Å². The smallest absolute Gasteiger partial charge is 0.235 e. The van der Waals surface area contributed by atoms with Crippen molar-refractivity contribution in [2.75, 3.05) is 24.3 Å². The molecule has 0 heterocycles. The summed E-state index contributed by atoms with van der Waals surface area (Å²) in [7, 11) is 4.19. The van der Waals surface area contributed by atoms with Gasteiger partial charge in [0.1, 0.15) is 5.75 Å². The first-order chi connectivity index (χ1) is 20.1. The van der Waals surface area contributed by atoms with Gasteiger partial charge in [-0.3, -0.25) is 24.0 Å². The molecule has 0 aromatic heterocycles. The largest absolute Gasteiger partial charge is 0.505 e. The van der Waals surface area contributed by atoms with Crippen LogP contribution in [-0.4, -0.2) is 68.5 Å². The van der Waals surface area contributed by atoms with Gasteiger partial charge in [0.2, 0.25) is 5.91 Å². The highest BCUT2D eigenvalue weighted by molar-refractivity contribution is 6.57. The van der Waals surface area contributed by atoms with Crippen molar-refractivity contribution in [3.05, 3.63) is 47.0 Å². The van der Waals surface area contributed by atoms with Gasteiger partial charge in [-0.2, -0.15) is 0 Å². The Kier molecular flexibility index (Phi) is 7.63. The molecule has 5 atom stereocenters. The normalized spacial score (nSPS) is 26.8. The molecular weight excluding hydrogens is 566 g/mol. The zero-order valence-corrected chi connectivity index (χ0v) is 26.0. The lowest BCUT2D eigenvalue weighted by Crippen LogP contribution is -2.68. The lowest BCUT2D eigenvalue weighted by molar-refractivity contribution is -0.175. The van der Waals surface area contributed by atoms with Crippen molar-refractivity contribution < 1.29 is 34.2 Å². The number of nitrogens with two attached hydrogens (primary N) is 1. The van der Waals surface area contributed by atoms with Crippen molar-refractivity contribution in [2.45, 2.75) is 57.2 Å². The average molecular weight is 604 g/mol. The van der Waals surface area contributed by atoms with E-state index in [2.05, 4.69) is 32.2 Å². The molecule has 3 aliphatic rings. The Morgan fingerprint density at radius 2 is 1.79 bits per heavy atom. The molecule has 1 amide bonds. The first-order valence-corrected chi connectivity index (χ1v) is 15.4. The maximum absolute atomic E-state index is 14.1. The Bertz CT molecular complexity index is 1560. The first kappa shape index (κ1) is 30.6. The van der Waals surface area contributed by atoms with Crippen LogP contribution in [0.5, 0.6) is 5.75 Å². The summed E-state index contributed by atoms with van der Waals surface area (Å²) >= 11 is 0. The summed E-state index contributed by atoms with van der Waals surface area (Å²) in [4.78, 5) is 67.4. The summed E-state index contributed by atoms with van der Waals surface area (Å²) in [5.41, 5.74) is 5.19.